The molecular weight excluding hydrogens is 396 g/mol. The van der Waals surface area contributed by atoms with E-state index >= 15 is 0 Å². The molecule has 1 N–H and O–H groups in total. The second-order valence-corrected chi connectivity index (χ2v) is 8.56. The largest absolute Gasteiger partial charge is 0.370 e. The summed E-state index contributed by atoms with van der Waals surface area (Å²) in [6.45, 7) is 4.59. The molecule has 31 heavy (non-hydrogen) atoms. The first-order chi connectivity index (χ1) is 14.8. The fourth-order valence-electron chi connectivity index (χ4n) is 4.34. The fraction of sp³-hybridized carbons (Fsp3) is 0.417. The summed E-state index contributed by atoms with van der Waals surface area (Å²) in [6.07, 6.45) is -0.792. The molecule has 2 aliphatic heterocycles. The number of hydrogen-bond donors (Lipinski definition) is 1. The van der Waals surface area contributed by atoms with Crippen LogP contribution in [0.3, 0.4) is 0 Å². The first-order valence-electron chi connectivity index (χ1n) is 10.4. The van der Waals surface area contributed by atoms with Gasteiger partial charge in [0.15, 0.2) is 5.79 Å². The predicted molar refractivity (Wildman–Crippen MR) is 115 cm³/mol. The van der Waals surface area contributed by atoms with Crippen molar-refractivity contribution in [2.75, 3.05) is 26.7 Å². The number of carbonyl (C=O) groups is 2. The lowest BCUT2D eigenvalue weighted by molar-refractivity contribution is -0.190. The Balaban J connectivity index is 1.45. The van der Waals surface area contributed by atoms with Crippen LogP contribution in [0.5, 0.6) is 0 Å². The normalized spacial score (nSPS) is 26.3. The maximum Gasteiger partial charge on any atom is 0.253 e. The number of likely N-dealkylation sites (N-methyl/N-ethyl adjacent to an activating group) is 1. The van der Waals surface area contributed by atoms with Crippen LogP contribution in [0.25, 0.3) is 0 Å². The quantitative estimate of drug-likeness (QED) is 0.771. The first-order valence-corrected chi connectivity index (χ1v) is 10.4. The molecule has 0 radical (unpaired) electrons. The molecule has 164 valence electrons. The lowest BCUT2D eigenvalue weighted by Gasteiger charge is -2.31. The number of amides is 2. The number of hydrogen-bond acceptors (Lipinski definition) is 5. The maximum atomic E-state index is 12.9. The Morgan fingerprint density at radius 3 is 2.29 bits per heavy atom. The van der Waals surface area contributed by atoms with E-state index < -0.39 is 17.5 Å². The van der Waals surface area contributed by atoms with Crippen LogP contribution >= 0.6 is 0 Å². The summed E-state index contributed by atoms with van der Waals surface area (Å²) in [6, 6.07) is 18.2. The zero-order chi connectivity index (χ0) is 22.1. The molecule has 2 aromatic rings. The number of carbonyl (C=O) groups excluding carboxylic acids is 2. The summed E-state index contributed by atoms with van der Waals surface area (Å²) in [5.41, 5.74) is 0.399. The minimum atomic E-state index is -0.813. The van der Waals surface area contributed by atoms with Gasteiger partial charge in [0.05, 0.1) is 13.2 Å². The van der Waals surface area contributed by atoms with Crippen molar-refractivity contribution in [2.45, 2.75) is 37.4 Å². The van der Waals surface area contributed by atoms with Crippen LogP contribution in [0.15, 0.2) is 60.7 Å². The van der Waals surface area contributed by atoms with Crippen LogP contribution in [0.2, 0.25) is 0 Å². The summed E-state index contributed by atoms with van der Waals surface area (Å²) < 4.78 is 18.4. The molecule has 0 aromatic heterocycles. The van der Waals surface area contributed by atoms with E-state index in [1.807, 2.05) is 50.2 Å². The second-order valence-electron chi connectivity index (χ2n) is 8.56. The third-order valence-electron chi connectivity index (χ3n) is 5.63. The molecule has 2 aliphatic rings. The Kier molecular flexibility index (Phi) is 5.83. The zero-order valence-electron chi connectivity index (χ0n) is 18.0. The number of fused-ring (bicyclic) bond motifs is 1. The molecule has 7 nitrogen and oxygen atoms in total. The van der Waals surface area contributed by atoms with E-state index in [0.29, 0.717) is 17.7 Å². The topological polar surface area (TPSA) is 77.1 Å². The Labute approximate surface area is 182 Å². The Bertz CT molecular complexity index is 934. The second kappa shape index (κ2) is 8.42. The minimum absolute atomic E-state index is 0.0946. The van der Waals surface area contributed by atoms with Crippen LogP contribution in [-0.4, -0.2) is 67.1 Å². The molecule has 2 amide bonds. The van der Waals surface area contributed by atoms with Crippen LogP contribution < -0.4 is 5.32 Å². The Hall–Kier alpha value is -2.74. The standard InChI is InChI=1S/C24H28N2O5/c1-23(2)30-20-19(14-25-21(27)17-10-6-4-7-11-17)29-16-24(20,31-23)15-26(3)22(28)18-12-8-5-9-13-18/h4-13,19-20H,14-16H2,1-3H3,(H,25,27)/t19-,20?,24+/m1/s1. The molecule has 0 saturated carbocycles. The van der Waals surface area contributed by atoms with E-state index in [1.54, 1.807) is 36.2 Å². The van der Waals surface area contributed by atoms with E-state index in [0.717, 1.165) is 0 Å². The highest BCUT2D eigenvalue weighted by Gasteiger charge is 2.61. The molecule has 0 aliphatic carbocycles. The average Bonchev–Trinajstić information content (AvgIpc) is 3.21. The summed E-state index contributed by atoms with van der Waals surface area (Å²) in [5.74, 6) is -1.08. The van der Waals surface area contributed by atoms with Gasteiger partial charge < -0.3 is 24.4 Å². The van der Waals surface area contributed by atoms with Crippen LogP contribution in [0.1, 0.15) is 34.6 Å². The van der Waals surface area contributed by atoms with Gasteiger partial charge in [-0.3, -0.25) is 9.59 Å². The van der Waals surface area contributed by atoms with Gasteiger partial charge in [0.2, 0.25) is 0 Å². The number of nitrogens with one attached hydrogen (secondary N) is 1. The molecule has 0 spiro atoms. The van der Waals surface area contributed by atoms with Gasteiger partial charge in [0.1, 0.15) is 17.8 Å². The third kappa shape index (κ3) is 4.49. The summed E-state index contributed by atoms with van der Waals surface area (Å²) >= 11 is 0. The molecular formula is C24H28N2O5. The fourth-order valence-corrected chi connectivity index (χ4v) is 4.34. The molecule has 3 atom stereocenters. The molecule has 2 saturated heterocycles. The monoisotopic (exact) mass is 424 g/mol. The van der Waals surface area contributed by atoms with Gasteiger partial charge in [-0.05, 0) is 38.1 Å². The molecule has 2 fully saturated rings. The van der Waals surface area contributed by atoms with E-state index in [1.165, 1.54) is 0 Å². The van der Waals surface area contributed by atoms with Crippen molar-refractivity contribution in [1.29, 1.82) is 0 Å². The van der Waals surface area contributed by atoms with Crippen molar-refractivity contribution in [2.24, 2.45) is 0 Å². The molecule has 0 bridgehead atoms. The summed E-state index contributed by atoms with van der Waals surface area (Å²) in [5, 5.41) is 2.92. The number of nitrogens with zero attached hydrogens (tertiary/aromatic N) is 1. The highest BCUT2D eigenvalue weighted by molar-refractivity contribution is 5.94. The van der Waals surface area contributed by atoms with Gasteiger partial charge >= 0.3 is 0 Å². The lowest BCUT2D eigenvalue weighted by atomic mass is 9.95. The van der Waals surface area contributed by atoms with E-state index in [-0.39, 0.29) is 31.1 Å². The zero-order valence-corrected chi connectivity index (χ0v) is 18.0. The van der Waals surface area contributed by atoms with E-state index in [9.17, 15) is 9.59 Å². The molecule has 2 aromatic carbocycles. The predicted octanol–water partition coefficient (Wildman–Crippen LogP) is 2.48. The van der Waals surface area contributed by atoms with Gasteiger partial charge in [0, 0.05) is 24.7 Å². The van der Waals surface area contributed by atoms with Crippen LogP contribution in [0.4, 0.5) is 0 Å². The van der Waals surface area contributed by atoms with Crippen molar-refractivity contribution >= 4 is 11.8 Å². The van der Waals surface area contributed by atoms with Crippen molar-refractivity contribution in [3.63, 3.8) is 0 Å². The average molecular weight is 424 g/mol. The summed E-state index contributed by atoms with van der Waals surface area (Å²) in [4.78, 5) is 26.9. The van der Waals surface area contributed by atoms with Gasteiger partial charge in [-0.2, -0.15) is 0 Å². The Morgan fingerprint density at radius 1 is 1.03 bits per heavy atom. The number of ether oxygens (including phenoxy) is 3. The van der Waals surface area contributed by atoms with Crippen molar-refractivity contribution in [1.82, 2.24) is 10.2 Å². The smallest absolute Gasteiger partial charge is 0.253 e. The molecule has 4 rings (SSSR count). The lowest BCUT2D eigenvalue weighted by Crippen LogP contribution is -2.52. The minimum Gasteiger partial charge on any atom is -0.370 e. The van der Waals surface area contributed by atoms with E-state index in [2.05, 4.69) is 5.32 Å². The first kappa shape index (κ1) is 21.5. The van der Waals surface area contributed by atoms with Gasteiger partial charge in [-0.25, -0.2) is 0 Å². The summed E-state index contributed by atoms with van der Waals surface area (Å²) in [7, 11) is 1.75. The number of rotatable bonds is 6. The SMILES string of the molecule is CN(C[C@]12CO[C@H](CNC(=O)c3ccccc3)C1OC(C)(C)O2)C(=O)c1ccccc1. The van der Waals surface area contributed by atoms with E-state index in [4.69, 9.17) is 14.2 Å². The molecule has 7 heteroatoms. The number of benzene rings is 2. The van der Waals surface area contributed by atoms with Crippen LogP contribution in [0, 0.1) is 0 Å². The third-order valence-corrected chi connectivity index (χ3v) is 5.63. The van der Waals surface area contributed by atoms with Crippen molar-refractivity contribution in [3.05, 3.63) is 71.8 Å². The maximum absolute atomic E-state index is 12.9. The highest BCUT2D eigenvalue weighted by atomic mass is 16.8. The van der Waals surface area contributed by atoms with Crippen molar-refractivity contribution < 1.29 is 23.8 Å². The Morgan fingerprint density at radius 2 is 1.65 bits per heavy atom. The van der Waals surface area contributed by atoms with Gasteiger partial charge in [-0.15, -0.1) is 0 Å². The molecule has 2 heterocycles. The molecule has 1 unspecified atom stereocenters. The van der Waals surface area contributed by atoms with Crippen LogP contribution in [-0.2, 0) is 14.2 Å². The highest BCUT2D eigenvalue weighted by Crippen LogP contribution is 2.43. The van der Waals surface area contributed by atoms with Gasteiger partial charge in [0.25, 0.3) is 11.8 Å². The van der Waals surface area contributed by atoms with Crippen molar-refractivity contribution in [3.8, 4) is 0 Å². The van der Waals surface area contributed by atoms with Gasteiger partial charge in [-0.1, -0.05) is 36.4 Å².